The van der Waals surface area contributed by atoms with Gasteiger partial charge in [0.25, 0.3) is 0 Å². The first-order chi connectivity index (χ1) is 13.8. The largest absolute Gasteiger partial charge is 0.147 e. The van der Waals surface area contributed by atoms with Gasteiger partial charge >= 0.3 is 183 Å². The summed E-state index contributed by atoms with van der Waals surface area (Å²) in [5.74, 6) is 0.443. The van der Waals surface area contributed by atoms with Gasteiger partial charge < -0.3 is 0 Å². The van der Waals surface area contributed by atoms with Gasteiger partial charge in [0.05, 0.1) is 0 Å². The van der Waals surface area contributed by atoms with Crippen molar-refractivity contribution >= 4 is 35.8 Å². The van der Waals surface area contributed by atoms with Gasteiger partial charge in [-0.25, -0.2) is 0 Å². The average molecular weight is 553 g/mol. The van der Waals surface area contributed by atoms with Crippen LogP contribution < -0.4 is 0 Å². The molecule has 2 aromatic rings. The van der Waals surface area contributed by atoms with Crippen LogP contribution in [0.5, 0.6) is 0 Å². The zero-order valence-electron chi connectivity index (χ0n) is 19.0. The monoisotopic (exact) mass is 550 g/mol. The third-order valence-corrected chi connectivity index (χ3v) is 25.4. The van der Waals surface area contributed by atoms with E-state index in [9.17, 15) is 4.39 Å². The molecule has 164 valence electrons. The standard InChI is InChI=1S/C15H10F.C9H13.C2H6Si.2ClH.Zr/c16-13-8-5-12(6-9-13)15-10-7-11-3-1-2-4-14(11)15;1-6-5-7(2)9(4)8(6)3;1-3-2;;;/h1-10H;6H,1-4H3;1-2H3;2*1H;. The number of fused-ring (bicyclic) bond motifs is 1. The summed E-state index contributed by atoms with van der Waals surface area (Å²) in [7, 11) is 0. The van der Waals surface area contributed by atoms with Crippen LogP contribution >= 0.6 is 24.8 Å². The second kappa shape index (κ2) is 10.5. The normalized spacial score (nSPS) is 19.5. The smallest absolute Gasteiger partial charge is 0.147 e. The molecule has 5 heteroatoms. The summed E-state index contributed by atoms with van der Waals surface area (Å²) in [6.45, 7) is 14.5. The number of rotatable bonds is 3. The maximum Gasteiger partial charge on any atom is -0.147 e. The van der Waals surface area contributed by atoms with Gasteiger partial charge in [-0.15, -0.1) is 24.8 Å². The Balaban J connectivity index is 0.00000171. The minimum atomic E-state index is -1.97. The molecule has 2 aliphatic carbocycles. The summed E-state index contributed by atoms with van der Waals surface area (Å²) < 4.78 is 16.0. The molecule has 0 saturated heterocycles. The van der Waals surface area contributed by atoms with Crippen molar-refractivity contribution in [1.82, 2.24) is 0 Å². The van der Waals surface area contributed by atoms with Crippen LogP contribution in [-0.4, -0.2) is 5.43 Å². The minimum absolute atomic E-state index is 0. The van der Waals surface area contributed by atoms with E-state index < -0.39 is 25.8 Å². The van der Waals surface area contributed by atoms with Crippen LogP contribution in [0.4, 0.5) is 4.39 Å². The molecule has 0 aromatic heterocycles. The van der Waals surface area contributed by atoms with Crippen molar-refractivity contribution in [2.24, 2.45) is 5.92 Å². The van der Waals surface area contributed by atoms with Gasteiger partial charge in [-0.1, -0.05) is 0 Å². The van der Waals surface area contributed by atoms with Crippen molar-refractivity contribution in [2.45, 2.75) is 44.4 Å². The number of benzene rings is 2. The molecule has 31 heavy (non-hydrogen) atoms. The number of hydrogen-bond acceptors (Lipinski definition) is 0. The predicted octanol–water partition coefficient (Wildman–Crippen LogP) is 8.29. The molecule has 0 N–H and O–H groups in total. The fourth-order valence-electron chi connectivity index (χ4n) is 5.03. The van der Waals surface area contributed by atoms with Gasteiger partial charge in [0.1, 0.15) is 0 Å². The quantitative estimate of drug-likeness (QED) is 0.336. The van der Waals surface area contributed by atoms with E-state index in [-0.39, 0.29) is 30.6 Å². The zero-order chi connectivity index (χ0) is 20.9. The molecule has 0 fully saturated rings. The van der Waals surface area contributed by atoms with Crippen molar-refractivity contribution in [3.8, 4) is 0 Å². The Morgan fingerprint density at radius 1 is 0.871 bits per heavy atom. The van der Waals surface area contributed by atoms with Crippen molar-refractivity contribution in [3.63, 3.8) is 0 Å². The molecule has 0 amide bonds. The summed E-state index contributed by atoms with van der Waals surface area (Å²) in [6.07, 6.45) is 2.56. The van der Waals surface area contributed by atoms with E-state index in [1.165, 1.54) is 22.3 Å². The van der Waals surface area contributed by atoms with Crippen molar-refractivity contribution < 1.29 is 24.8 Å². The van der Waals surface area contributed by atoms with Crippen LogP contribution in [0.25, 0.3) is 5.57 Å². The van der Waals surface area contributed by atoms with Gasteiger partial charge in [-0.2, -0.15) is 0 Å². The molecule has 2 aromatic carbocycles. The van der Waals surface area contributed by atoms with Crippen LogP contribution in [0.15, 0.2) is 74.6 Å². The summed E-state index contributed by atoms with van der Waals surface area (Å²) in [5, 5.41) is 0. The molecule has 2 aliphatic rings. The Hall–Kier alpha value is -0.730. The summed E-state index contributed by atoms with van der Waals surface area (Å²) in [5.41, 5.74) is 9.62. The topological polar surface area (TPSA) is 0 Å². The van der Waals surface area contributed by atoms with E-state index in [0.29, 0.717) is 9.54 Å². The third kappa shape index (κ3) is 4.67. The summed E-state index contributed by atoms with van der Waals surface area (Å²) in [6, 6.07) is 16.0. The number of halogens is 3. The van der Waals surface area contributed by atoms with E-state index in [4.69, 9.17) is 0 Å². The third-order valence-electron chi connectivity index (χ3n) is 6.85. The maximum atomic E-state index is 13.5. The van der Waals surface area contributed by atoms with Crippen LogP contribution in [0.1, 0.15) is 48.0 Å². The first kappa shape index (κ1) is 26.5. The molecular weight excluding hydrogens is 522 g/mol. The van der Waals surface area contributed by atoms with E-state index in [2.05, 4.69) is 71.1 Å². The molecular formula is C26H31Cl2FSiZr. The first-order valence-electron chi connectivity index (χ1n) is 10.4. The first-order valence-corrected chi connectivity index (χ1v) is 19.3. The molecule has 0 aliphatic heterocycles. The van der Waals surface area contributed by atoms with E-state index in [1.54, 1.807) is 23.3 Å². The maximum absolute atomic E-state index is 13.5. The van der Waals surface area contributed by atoms with Crippen LogP contribution in [0.2, 0.25) is 13.1 Å². The summed E-state index contributed by atoms with van der Waals surface area (Å²) in [4.78, 5) is 0. The molecule has 4 rings (SSSR count). The van der Waals surface area contributed by atoms with Crippen LogP contribution in [0.3, 0.4) is 0 Å². The van der Waals surface area contributed by atoms with E-state index in [1.807, 2.05) is 15.4 Å². The predicted molar refractivity (Wildman–Crippen MR) is 135 cm³/mol. The Morgan fingerprint density at radius 3 is 2.03 bits per heavy atom. The summed E-state index contributed by atoms with van der Waals surface area (Å²) >= 11 is -1.97. The molecule has 0 spiro atoms. The Morgan fingerprint density at radius 2 is 1.48 bits per heavy atom. The molecule has 0 radical (unpaired) electrons. The SMILES string of the molecule is CC1=C(C)C(C)[C]([Zr]([CH]2C=C(c3ccc(F)cc3)c3ccccc32)=[Si](C)C)=C1C.Cl.Cl. The average Bonchev–Trinajstić information content (AvgIpc) is 3.17. The molecule has 0 saturated carbocycles. The second-order valence-electron chi connectivity index (χ2n) is 8.63. The van der Waals surface area contributed by atoms with Crippen molar-refractivity contribution in [3.05, 3.63) is 97.1 Å². The molecule has 0 bridgehead atoms. The van der Waals surface area contributed by atoms with Crippen LogP contribution in [-0.2, 0) is 20.4 Å². The number of hydrogen-bond donors (Lipinski definition) is 0. The Bertz CT molecular complexity index is 1120. The van der Waals surface area contributed by atoms with Crippen molar-refractivity contribution in [1.29, 1.82) is 0 Å². The number of allylic oxidation sites excluding steroid dienone is 5. The molecule has 0 nitrogen and oxygen atoms in total. The van der Waals surface area contributed by atoms with Crippen LogP contribution in [0, 0.1) is 11.7 Å². The van der Waals surface area contributed by atoms with Gasteiger partial charge in [0.15, 0.2) is 0 Å². The Kier molecular flexibility index (Phi) is 8.96. The molecule has 2 unspecified atom stereocenters. The fraction of sp³-hybridized carbons (Fsp3) is 0.308. The van der Waals surface area contributed by atoms with Gasteiger partial charge in [-0.05, 0) is 0 Å². The van der Waals surface area contributed by atoms with Gasteiger partial charge in [0, 0.05) is 0 Å². The van der Waals surface area contributed by atoms with Gasteiger partial charge in [-0.3, -0.25) is 0 Å². The van der Waals surface area contributed by atoms with E-state index in [0.717, 1.165) is 5.56 Å². The Labute approximate surface area is 206 Å². The second-order valence-corrected chi connectivity index (χ2v) is 26.1. The molecule has 0 heterocycles. The van der Waals surface area contributed by atoms with Gasteiger partial charge in [0.2, 0.25) is 0 Å². The molecule has 2 atom stereocenters. The van der Waals surface area contributed by atoms with Crippen molar-refractivity contribution in [2.75, 3.05) is 0 Å². The zero-order valence-corrected chi connectivity index (χ0v) is 24.1. The van der Waals surface area contributed by atoms with E-state index >= 15 is 0 Å². The fourth-order valence-corrected chi connectivity index (χ4v) is 24.7. The minimum Gasteiger partial charge on any atom is -0.147 e.